The zero-order valence-electron chi connectivity index (χ0n) is 17.1. The van der Waals surface area contributed by atoms with Gasteiger partial charge in [0, 0.05) is 51.0 Å². The van der Waals surface area contributed by atoms with E-state index in [2.05, 4.69) is 4.98 Å². The number of likely N-dealkylation sites (tertiary alicyclic amines) is 1. The number of hydrogen-bond acceptors (Lipinski definition) is 5. The summed E-state index contributed by atoms with van der Waals surface area (Å²) in [4.78, 5) is 21.6. The molecule has 31 heavy (non-hydrogen) atoms. The summed E-state index contributed by atoms with van der Waals surface area (Å²) in [6.07, 6.45) is 1.24. The van der Waals surface area contributed by atoms with Gasteiger partial charge < -0.3 is 20.3 Å². The fourth-order valence-corrected chi connectivity index (χ4v) is 5.03. The zero-order valence-corrected chi connectivity index (χ0v) is 17.1. The van der Waals surface area contributed by atoms with Crippen molar-refractivity contribution in [2.24, 2.45) is 5.73 Å². The third kappa shape index (κ3) is 3.55. The Labute approximate surface area is 177 Å². The summed E-state index contributed by atoms with van der Waals surface area (Å²) in [6.45, 7) is 2.43. The fourth-order valence-electron chi connectivity index (χ4n) is 5.03. The predicted molar refractivity (Wildman–Crippen MR) is 109 cm³/mol. The van der Waals surface area contributed by atoms with Gasteiger partial charge in [-0.25, -0.2) is 18.2 Å². The number of fused-ring (bicyclic) bond motifs is 1. The van der Waals surface area contributed by atoms with Gasteiger partial charge in [0.1, 0.15) is 12.2 Å². The molecule has 0 unspecified atom stereocenters. The molecule has 1 aromatic heterocycles. The summed E-state index contributed by atoms with van der Waals surface area (Å²) in [6, 6.07) is 0.991. The maximum Gasteiger partial charge on any atom is 0.246 e. The Morgan fingerprint density at radius 2 is 1.81 bits per heavy atom. The van der Waals surface area contributed by atoms with E-state index in [1.165, 1.54) is 0 Å². The number of imidazole rings is 1. The summed E-state index contributed by atoms with van der Waals surface area (Å²) in [5.41, 5.74) is 6.56. The molecule has 0 spiro atoms. The molecule has 1 aromatic carbocycles. The number of carbonyl (C=O) groups excluding carboxylic acids is 1. The Hall–Kier alpha value is -2.33. The highest BCUT2D eigenvalue weighted by Crippen LogP contribution is 2.36. The normalized spacial score (nSPS) is 28.1. The summed E-state index contributed by atoms with van der Waals surface area (Å²) >= 11 is 0. The second kappa shape index (κ2) is 7.98. The molecule has 0 aliphatic carbocycles. The van der Waals surface area contributed by atoms with Gasteiger partial charge in [0.05, 0.1) is 17.1 Å². The van der Waals surface area contributed by atoms with Crippen molar-refractivity contribution in [1.82, 2.24) is 14.5 Å². The molecule has 7 nitrogen and oxygen atoms in total. The van der Waals surface area contributed by atoms with Crippen LogP contribution in [0.2, 0.25) is 0 Å². The van der Waals surface area contributed by atoms with Gasteiger partial charge in [-0.3, -0.25) is 9.36 Å². The molecule has 5 rings (SSSR count). The van der Waals surface area contributed by atoms with Crippen molar-refractivity contribution < 1.29 is 22.7 Å². The molecule has 3 fully saturated rings. The molecule has 3 aliphatic heterocycles. The van der Waals surface area contributed by atoms with E-state index >= 15 is 0 Å². The van der Waals surface area contributed by atoms with Gasteiger partial charge in [-0.1, -0.05) is 0 Å². The topological polar surface area (TPSA) is 76.6 Å². The quantitative estimate of drug-likeness (QED) is 0.796. The number of carbonyl (C=O) groups is 1. The first-order valence-electron chi connectivity index (χ1n) is 10.8. The van der Waals surface area contributed by atoms with Crippen LogP contribution in [0.3, 0.4) is 0 Å². The lowest BCUT2D eigenvalue weighted by atomic mass is 10.1. The lowest BCUT2D eigenvalue weighted by Gasteiger charge is -2.35. The molecule has 0 radical (unpaired) electrons. The molecule has 2 aromatic rings. The van der Waals surface area contributed by atoms with E-state index in [9.17, 15) is 18.0 Å². The van der Waals surface area contributed by atoms with Gasteiger partial charge >= 0.3 is 0 Å². The summed E-state index contributed by atoms with van der Waals surface area (Å²) < 4.78 is 49.1. The number of benzene rings is 1. The van der Waals surface area contributed by atoms with Crippen molar-refractivity contribution in [2.45, 2.75) is 50.0 Å². The minimum absolute atomic E-state index is 0.0538. The average molecular weight is 437 g/mol. The predicted octanol–water partition coefficient (Wildman–Crippen LogP) is 2.14. The minimum Gasteiger partial charge on any atom is -0.381 e. The molecule has 3 aliphatic rings. The zero-order chi connectivity index (χ0) is 21.7. The van der Waals surface area contributed by atoms with Crippen molar-refractivity contribution >= 4 is 22.9 Å². The lowest BCUT2D eigenvalue weighted by molar-refractivity contribution is -0.133. The molecule has 168 valence electrons. The molecule has 4 heterocycles. The highest BCUT2D eigenvalue weighted by molar-refractivity contribution is 5.88. The smallest absolute Gasteiger partial charge is 0.246 e. The molecule has 2 N–H and O–H groups in total. The Morgan fingerprint density at radius 3 is 2.55 bits per heavy atom. The Kier molecular flexibility index (Phi) is 5.29. The van der Waals surface area contributed by atoms with E-state index in [-0.39, 0.29) is 30.4 Å². The number of amides is 1. The third-order valence-corrected chi connectivity index (χ3v) is 6.72. The fraction of sp³-hybridized carbons (Fsp3) is 0.619. The summed E-state index contributed by atoms with van der Waals surface area (Å²) in [7, 11) is 0. The average Bonchev–Trinajstić information content (AvgIpc) is 3.31. The number of alkyl halides is 1. The lowest BCUT2D eigenvalue weighted by Crippen LogP contribution is -2.50. The Balaban J connectivity index is 1.55. The molecular formula is C21H26F3N5O2. The number of hydrogen-bond donors (Lipinski definition) is 1. The first-order chi connectivity index (χ1) is 14.9. The van der Waals surface area contributed by atoms with Crippen LogP contribution in [0.5, 0.6) is 0 Å². The van der Waals surface area contributed by atoms with Crippen LogP contribution in [0.15, 0.2) is 12.1 Å². The van der Waals surface area contributed by atoms with Crippen molar-refractivity contribution in [2.75, 3.05) is 37.7 Å². The minimum atomic E-state index is -1.11. The maximum atomic E-state index is 14.1. The Bertz CT molecular complexity index is 993. The molecule has 0 bridgehead atoms. The second-order valence-corrected chi connectivity index (χ2v) is 8.63. The van der Waals surface area contributed by atoms with E-state index in [0.29, 0.717) is 44.2 Å². The number of aromatic nitrogens is 2. The number of rotatable bonds is 3. The van der Waals surface area contributed by atoms with Crippen molar-refractivity contribution in [3.05, 3.63) is 23.8 Å². The van der Waals surface area contributed by atoms with Crippen LogP contribution >= 0.6 is 0 Å². The molecule has 1 amide bonds. The third-order valence-electron chi connectivity index (χ3n) is 6.72. The van der Waals surface area contributed by atoms with Gasteiger partial charge in [0.15, 0.2) is 11.6 Å². The van der Waals surface area contributed by atoms with Crippen LogP contribution in [0.25, 0.3) is 11.0 Å². The first kappa shape index (κ1) is 20.6. The van der Waals surface area contributed by atoms with E-state index in [4.69, 9.17) is 10.5 Å². The number of piperidine rings is 1. The summed E-state index contributed by atoms with van der Waals surface area (Å²) in [5.74, 6) is -1.63. The van der Waals surface area contributed by atoms with Crippen LogP contribution in [-0.2, 0) is 9.53 Å². The van der Waals surface area contributed by atoms with Crippen LogP contribution in [0.4, 0.5) is 19.1 Å². The Morgan fingerprint density at radius 1 is 1.06 bits per heavy atom. The van der Waals surface area contributed by atoms with Gasteiger partial charge in [0.25, 0.3) is 0 Å². The number of nitrogens with zero attached hydrogens (tertiary/aromatic N) is 4. The SMILES string of the molecule is N[C@@H]1CN(c2nc3cc(F)c(F)cc3n2[C@H]2CCN(C3CCOCC3)C2=O)CC[C@H]1F. The van der Waals surface area contributed by atoms with Gasteiger partial charge in [0.2, 0.25) is 11.9 Å². The number of nitrogens with two attached hydrogens (primary N) is 1. The maximum absolute atomic E-state index is 14.1. The van der Waals surface area contributed by atoms with Crippen LogP contribution in [0, 0.1) is 11.6 Å². The van der Waals surface area contributed by atoms with Crippen LogP contribution in [-0.4, -0.2) is 71.5 Å². The highest BCUT2D eigenvalue weighted by atomic mass is 19.2. The van der Waals surface area contributed by atoms with E-state index in [1.807, 2.05) is 9.80 Å². The van der Waals surface area contributed by atoms with Crippen LogP contribution in [0.1, 0.15) is 31.7 Å². The first-order valence-corrected chi connectivity index (χ1v) is 10.8. The summed E-state index contributed by atoms with van der Waals surface area (Å²) in [5, 5.41) is 0. The highest BCUT2D eigenvalue weighted by Gasteiger charge is 2.40. The number of halogens is 3. The number of ether oxygens (including phenoxy) is 1. The second-order valence-electron chi connectivity index (χ2n) is 8.63. The van der Waals surface area contributed by atoms with E-state index in [1.54, 1.807) is 4.57 Å². The van der Waals surface area contributed by atoms with Crippen molar-refractivity contribution in [3.8, 4) is 0 Å². The van der Waals surface area contributed by atoms with Crippen LogP contribution < -0.4 is 10.6 Å². The largest absolute Gasteiger partial charge is 0.381 e. The standard InChI is InChI=1S/C21H26F3N5O2/c22-13-1-5-27(11-16(13)25)21-26-17-9-14(23)15(24)10-19(17)29(21)18-2-6-28(20(18)30)12-3-7-31-8-4-12/h9-10,12-13,16,18H,1-8,11,25H2/t13-,16-,18+/m1/s1. The molecule has 0 saturated carbocycles. The molecule has 3 saturated heterocycles. The van der Waals surface area contributed by atoms with Crippen molar-refractivity contribution in [1.29, 1.82) is 0 Å². The van der Waals surface area contributed by atoms with E-state index in [0.717, 1.165) is 25.0 Å². The molecular weight excluding hydrogens is 411 g/mol. The molecule has 10 heteroatoms. The number of anilines is 1. The van der Waals surface area contributed by atoms with Gasteiger partial charge in [-0.2, -0.15) is 0 Å². The molecule has 3 atom stereocenters. The van der Waals surface area contributed by atoms with Crippen molar-refractivity contribution in [3.63, 3.8) is 0 Å². The van der Waals surface area contributed by atoms with Gasteiger partial charge in [-0.05, 0) is 25.7 Å². The van der Waals surface area contributed by atoms with Gasteiger partial charge in [-0.15, -0.1) is 0 Å². The monoisotopic (exact) mass is 437 g/mol. The van der Waals surface area contributed by atoms with E-state index < -0.39 is 29.9 Å².